The topological polar surface area (TPSA) is 25.4 Å². The molecule has 0 aliphatic carbocycles. The van der Waals surface area contributed by atoms with Gasteiger partial charge in [-0.15, -0.1) is 0 Å². The number of halogens is 1. The summed E-state index contributed by atoms with van der Waals surface area (Å²) in [6.07, 6.45) is 3.73. The van der Waals surface area contributed by atoms with E-state index in [4.69, 9.17) is 4.74 Å². The summed E-state index contributed by atoms with van der Waals surface area (Å²) >= 11 is 3.52. The van der Waals surface area contributed by atoms with E-state index in [0.717, 1.165) is 36.5 Å². The fraction of sp³-hybridized carbons (Fsp3) is 0.267. The van der Waals surface area contributed by atoms with E-state index in [1.807, 2.05) is 24.4 Å². The fourth-order valence-corrected chi connectivity index (χ4v) is 2.71. The first kappa shape index (κ1) is 12.6. The van der Waals surface area contributed by atoms with Crippen LogP contribution in [-0.4, -0.2) is 23.0 Å². The Morgan fingerprint density at radius 3 is 3.11 bits per heavy atom. The quantitative estimate of drug-likeness (QED) is 0.850. The minimum atomic E-state index is 0.731. The van der Waals surface area contributed by atoms with Crippen molar-refractivity contribution in [1.82, 2.24) is 9.88 Å². The van der Waals surface area contributed by atoms with Crippen LogP contribution in [0.1, 0.15) is 11.1 Å². The van der Waals surface area contributed by atoms with Gasteiger partial charge in [0.15, 0.2) is 0 Å². The molecule has 0 spiro atoms. The van der Waals surface area contributed by atoms with Gasteiger partial charge in [-0.25, -0.2) is 0 Å². The predicted molar refractivity (Wildman–Crippen MR) is 78.0 cm³/mol. The number of nitrogens with zero attached hydrogens (tertiary/aromatic N) is 2. The van der Waals surface area contributed by atoms with Gasteiger partial charge in [0, 0.05) is 42.1 Å². The Bertz CT molecular complexity index is 559. The van der Waals surface area contributed by atoms with E-state index >= 15 is 0 Å². The van der Waals surface area contributed by atoms with E-state index in [-0.39, 0.29) is 0 Å². The van der Waals surface area contributed by atoms with Crippen molar-refractivity contribution in [2.45, 2.75) is 13.1 Å². The second kappa shape index (κ2) is 5.72. The molecule has 0 N–H and O–H groups in total. The number of pyridine rings is 1. The lowest BCUT2D eigenvalue weighted by atomic mass is 10.2. The lowest BCUT2D eigenvalue weighted by Crippen LogP contribution is -2.25. The molecule has 1 aromatic heterocycles. The molecule has 98 valence electrons. The van der Waals surface area contributed by atoms with Crippen LogP contribution in [0.25, 0.3) is 0 Å². The van der Waals surface area contributed by atoms with Gasteiger partial charge in [0.05, 0.1) is 0 Å². The van der Waals surface area contributed by atoms with E-state index < -0.39 is 0 Å². The van der Waals surface area contributed by atoms with Crippen LogP contribution in [0.2, 0.25) is 0 Å². The molecular weight excluding hydrogens is 304 g/mol. The van der Waals surface area contributed by atoms with Crippen molar-refractivity contribution >= 4 is 15.9 Å². The molecule has 0 radical (unpaired) electrons. The van der Waals surface area contributed by atoms with E-state index in [0.29, 0.717) is 0 Å². The minimum Gasteiger partial charge on any atom is -0.492 e. The Balaban J connectivity index is 1.78. The summed E-state index contributed by atoms with van der Waals surface area (Å²) in [5, 5.41) is 0. The third kappa shape index (κ3) is 3.14. The summed E-state index contributed by atoms with van der Waals surface area (Å²) < 4.78 is 6.89. The number of rotatable bonds is 2. The van der Waals surface area contributed by atoms with Crippen molar-refractivity contribution < 1.29 is 4.74 Å². The third-order valence-electron chi connectivity index (χ3n) is 3.21. The van der Waals surface area contributed by atoms with Gasteiger partial charge >= 0.3 is 0 Å². The minimum absolute atomic E-state index is 0.731. The highest BCUT2D eigenvalue weighted by Gasteiger charge is 2.15. The van der Waals surface area contributed by atoms with Gasteiger partial charge < -0.3 is 4.74 Å². The Morgan fingerprint density at radius 1 is 1.32 bits per heavy atom. The van der Waals surface area contributed by atoms with Crippen molar-refractivity contribution in [1.29, 1.82) is 0 Å². The van der Waals surface area contributed by atoms with Gasteiger partial charge in [0.2, 0.25) is 0 Å². The molecule has 0 saturated heterocycles. The molecule has 0 unspecified atom stereocenters. The first-order valence-electron chi connectivity index (χ1n) is 6.34. The molecule has 0 amide bonds. The molecule has 19 heavy (non-hydrogen) atoms. The standard InChI is InChI=1S/C15H15BrN2O/c16-14-3-4-15-13(8-14)11-18(6-7-19-15)10-12-2-1-5-17-9-12/h1-5,8-9H,6-7,10-11H2. The van der Waals surface area contributed by atoms with Gasteiger partial charge in [-0.3, -0.25) is 9.88 Å². The number of aromatic nitrogens is 1. The second-order valence-corrected chi connectivity index (χ2v) is 5.59. The molecule has 0 fully saturated rings. The maximum atomic E-state index is 5.79. The zero-order valence-electron chi connectivity index (χ0n) is 10.6. The summed E-state index contributed by atoms with van der Waals surface area (Å²) in [6, 6.07) is 10.3. The molecule has 4 heteroatoms. The molecule has 0 saturated carbocycles. The average Bonchev–Trinajstić information content (AvgIpc) is 2.61. The Hall–Kier alpha value is -1.39. The zero-order valence-corrected chi connectivity index (χ0v) is 12.1. The fourth-order valence-electron chi connectivity index (χ4n) is 2.30. The zero-order chi connectivity index (χ0) is 13.1. The monoisotopic (exact) mass is 318 g/mol. The lowest BCUT2D eigenvalue weighted by Gasteiger charge is -2.19. The number of hydrogen-bond acceptors (Lipinski definition) is 3. The number of fused-ring (bicyclic) bond motifs is 1. The molecular formula is C15H15BrN2O. The van der Waals surface area contributed by atoms with E-state index in [1.54, 1.807) is 6.20 Å². The van der Waals surface area contributed by atoms with Crippen molar-refractivity contribution in [3.8, 4) is 5.75 Å². The number of benzene rings is 1. The highest BCUT2D eigenvalue weighted by molar-refractivity contribution is 9.10. The lowest BCUT2D eigenvalue weighted by molar-refractivity contribution is 0.219. The van der Waals surface area contributed by atoms with Crippen molar-refractivity contribution in [2.75, 3.05) is 13.2 Å². The smallest absolute Gasteiger partial charge is 0.123 e. The Morgan fingerprint density at radius 2 is 2.26 bits per heavy atom. The van der Waals surface area contributed by atoms with Gasteiger partial charge in [-0.1, -0.05) is 22.0 Å². The van der Waals surface area contributed by atoms with Crippen molar-refractivity contribution in [2.24, 2.45) is 0 Å². The SMILES string of the molecule is Brc1ccc2c(c1)CN(Cc1cccnc1)CCO2. The van der Waals surface area contributed by atoms with Crippen LogP contribution < -0.4 is 4.74 Å². The molecule has 3 nitrogen and oxygen atoms in total. The maximum absolute atomic E-state index is 5.79. The molecule has 3 rings (SSSR count). The van der Waals surface area contributed by atoms with Crippen LogP contribution in [0.4, 0.5) is 0 Å². The van der Waals surface area contributed by atoms with Gasteiger partial charge in [-0.2, -0.15) is 0 Å². The van der Waals surface area contributed by atoms with Crippen molar-refractivity contribution in [3.63, 3.8) is 0 Å². The van der Waals surface area contributed by atoms with E-state index in [2.05, 4.69) is 37.9 Å². The molecule has 0 bridgehead atoms. The average molecular weight is 319 g/mol. The molecule has 1 aliphatic heterocycles. The normalized spacial score (nSPS) is 15.4. The molecule has 2 aromatic rings. The van der Waals surface area contributed by atoms with E-state index in [9.17, 15) is 0 Å². The van der Waals surface area contributed by atoms with Crippen LogP contribution in [-0.2, 0) is 13.1 Å². The largest absolute Gasteiger partial charge is 0.492 e. The summed E-state index contributed by atoms with van der Waals surface area (Å²) in [7, 11) is 0. The predicted octanol–water partition coefficient (Wildman–Crippen LogP) is 3.24. The Kier molecular flexibility index (Phi) is 3.80. The van der Waals surface area contributed by atoms with Crippen LogP contribution in [0.5, 0.6) is 5.75 Å². The van der Waals surface area contributed by atoms with Crippen LogP contribution in [0.3, 0.4) is 0 Å². The molecule has 1 aromatic carbocycles. The molecule has 0 atom stereocenters. The third-order valence-corrected chi connectivity index (χ3v) is 3.70. The first-order chi connectivity index (χ1) is 9.31. The number of ether oxygens (including phenoxy) is 1. The van der Waals surface area contributed by atoms with Crippen LogP contribution in [0, 0.1) is 0 Å². The first-order valence-corrected chi connectivity index (χ1v) is 7.13. The summed E-state index contributed by atoms with van der Waals surface area (Å²) in [5.74, 6) is 0.997. The van der Waals surface area contributed by atoms with Gasteiger partial charge in [0.25, 0.3) is 0 Å². The highest BCUT2D eigenvalue weighted by atomic mass is 79.9. The molecule has 2 heterocycles. The maximum Gasteiger partial charge on any atom is 0.123 e. The summed E-state index contributed by atoms with van der Waals surface area (Å²) in [4.78, 5) is 6.55. The summed E-state index contributed by atoms with van der Waals surface area (Å²) in [5.41, 5.74) is 2.47. The molecule has 1 aliphatic rings. The van der Waals surface area contributed by atoms with Crippen LogP contribution in [0.15, 0.2) is 47.2 Å². The van der Waals surface area contributed by atoms with E-state index in [1.165, 1.54) is 11.1 Å². The van der Waals surface area contributed by atoms with Crippen LogP contribution >= 0.6 is 15.9 Å². The van der Waals surface area contributed by atoms with Gasteiger partial charge in [0.1, 0.15) is 12.4 Å². The number of hydrogen-bond donors (Lipinski definition) is 0. The van der Waals surface area contributed by atoms with Crippen molar-refractivity contribution in [3.05, 3.63) is 58.3 Å². The van der Waals surface area contributed by atoms with Gasteiger partial charge in [-0.05, 0) is 29.8 Å². The highest BCUT2D eigenvalue weighted by Crippen LogP contribution is 2.27. The second-order valence-electron chi connectivity index (χ2n) is 4.67. The summed E-state index contributed by atoms with van der Waals surface area (Å²) in [6.45, 7) is 3.48. The Labute approximate surface area is 121 Å².